The van der Waals surface area contributed by atoms with Gasteiger partial charge in [-0.25, -0.2) is 0 Å². The zero-order valence-electron chi connectivity index (χ0n) is 15.7. The summed E-state index contributed by atoms with van der Waals surface area (Å²) in [5, 5.41) is 6.84. The summed E-state index contributed by atoms with van der Waals surface area (Å²) in [5.74, 6) is -1.57. The molecule has 3 amide bonds. The molecule has 30 heavy (non-hydrogen) atoms. The fourth-order valence-electron chi connectivity index (χ4n) is 4.03. The van der Waals surface area contributed by atoms with Gasteiger partial charge >= 0.3 is 6.18 Å². The van der Waals surface area contributed by atoms with Crippen LogP contribution < -0.4 is 11.1 Å². The molecule has 9 nitrogen and oxygen atoms in total. The van der Waals surface area contributed by atoms with Gasteiger partial charge in [-0.3, -0.25) is 24.0 Å². The van der Waals surface area contributed by atoms with Crippen LogP contribution in [-0.2, 0) is 16.1 Å². The summed E-state index contributed by atoms with van der Waals surface area (Å²) in [6.07, 6.45) is -1.40. The highest BCUT2D eigenvalue weighted by atomic mass is 19.4. The van der Waals surface area contributed by atoms with Crippen LogP contribution in [0.3, 0.4) is 0 Å². The Hall–Kier alpha value is -3.18. The Labute approximate surface area is 168 Å². The maximum atomic E-state index is 13.0. The molecule has 2 aromatic heterocycles. The van der Waals surface area contributed by atoms with Gasteiger partial charge < -0.3 is 16.0 Å². The van der Waals surface area contributed by atoms with Gasteiger partial charge in [0, 0.05) is 24.2 Å². The number of piperidine rings is 1. The first kappa shape index (κ1) is 20.1. The Morgan fingerprint density at radius 2 is 2.03 bits per heavy atom. The van der Waals surface area contributed by atoms with Crippen LogP contribution >= 0.6 is 0 Å². The third kappa shape index (κ3) is 3.81. The molecule has 0 unspecified atom stereocenters. The summed E-state index contributed by atoms with van der Waals surface area (Å²) in [7, 11) is 0. The van der Waals surface area contributed by atoms with Gasteiger partial charge in [-0.2, -0.15) is 18.3 Å². The van der Waals surface area contributed by atoms with E-state index in [-0.39, 0.29) is 24.2 Å². The highest BCUT2D eigenvalue weighted by Gasteiger charge is 2.56. The Morgan fingerprint density at radius 1 is 1.27 bits per heavy atom. The van der Waals surface area contributed by atoms with Crippen molar-refractivity contribution in [1.29, 1.82) is 0 Å². The number of nitrogens with one attached hydrogen (secondary N) is 1. The molecule has 0 spiro atoms. The van der Waals surface area contributed by atoms with Crippen LogP contribution in [0.5, 0.6) is 0 Å². The second-order valence-electron chi connectivity index (χ2n) is 7.54. The lowest BCUT2D eigenvalue weighted by atomic mass is 10.1. The minimum Gasteiger partial charge on any atom is -0.364 e. The Bertz CT molecular complexity index is 1020. The molecule has 2 aliphatic rings. The molecule has 0 radical (unpaired) electrons. The van der Waals surface area contributed by atoms with Gasteiger partial charge in [-0.1, -0.05) is 0 Å². The van der Waals surface area contributed by atoms with E-state index in [0.717, 1.165) is 6.42 Å². The Kier molecular flexibility index (Phi) is 4.86. The second kappa shape index (κ2) is 7.26. The van der Waals surface area contributed by atoms with Crippen molar-refractivity contribution in [2.75, 3.05) is 6.54 Å². The van der Waals surface area contributed by atoms with Gasteiger partial charge in [0.2, 0.25) is 11.8 Å². The predicted octanol–water partition coefficient (Wildman–Crippen LogP) is 0.588. The number of hydrogen-bond donors (Lipinski definition) is 2. The number of likely N-dealkylation sites (tertiary alicyclic amines) is 1. The van der Waals surface area contributed by atoms with Gasteiger partial charge in [0.25, 0.3) is 5.91 Å². The van der Waals surface area contributed by atoms with E-state index in [2.05, 4.69) is 15.4 Å². The number of primary amides is 1. The van der Waals surface area contributed by atoms with Crippen molar-refractivity contribution in [2.45, 2.75) is 44.1 Å². The van der Waals surface area contributed by atoms with Crippen LogP contribution in [0.1, 0.15) is 29.8 Å². The predicted molar refractivity (Wildman–Crippen MR) is 96.9 cm³/mol. The third-order valence-corrected chi connectivity index (χ3v) is 5.48. The van der Waals surface area contributed by atoms with E-state index < -0.39 is 42.9 Å². The molecule has 4 rings (SSSR count). The molecule has 1 aliphatic heterocycles. The van der Waals surface area contributed by atoms with Crippen LogP contribution in [0.4, 0.5) is 13.2 Å². The number of rotatable bonds is 6. The van der Waals surface area contributed by atoms with E-state index in [9.17, 15) is 27.6 Å². The maximum absolute atomic E-state index is 13.0. The Balaban J connectivity index is 1.49. The average Bonchev–Trinajstić information content (AvgIpc) is 3.17. The highest BCUT2D eigenvalue weighted by Crippen LogP contribution is 2.48. The number of pyridine rings is 1. The number of fused-ring (bicyclic) bond motifs is 2. The van der Waals surface area contributed by atoms with Crippen LogP contribution in [-0.4, -0.2) is 62.2 Å². The number of aromatic nitrogens is 3. The quantitative estimate of drug-likeness (QED) is 0.703. The number of carbonyl (C=O) groups is 3. The molecule has 2 fully saturated rings. The number of hydrogen-bond acceptors (Lipinski definition) is 5. The summed E-state index contributed by atoms with van der Waals surface area (Å²) in [5.41, 5.74) is 5.80. The number of amides is 3. The number of nitrogens with two attached hydrogens (primary N) is 1. The van der Waals surface area contributed by atoms with Crippen LogP contribution in [0.25, 0.3) is 10.9 Å². The minimum absolute atomic E-state index is 0.00682. The molecule has 160 valence electrons. The Morgan fingerprint density at radius 3 is 2.73 bits per heavy atom. The topological polar surface area (TPSA) is 123 Å². The summed E-state index contributed by atoms with van der Waals surface area (Å²) in [6, 6.07) is 0.643. The van der Waals surface area contributed by atoms with E-state index in [0.29, 0.717) is 17.3 Å². The molecular formula is C18H19F3N6O3. The molecule has 3 heterocycles. The molecule has 3 atom stereocenters. The van der Waals surface area contributed by atoms with Crippen molar-refractivity contribution in [3.63, 3.8) is 0 Å². The first-order valence-corrected chi connectivity index (χ1v) is 9.41. The summed E-state index contributed by atoms with van der Waals surface area (Å²) < 4.78 is 38.3. The van der Waals surface area contributed by atoms with Crippen LogP contribution in [0.2, 0.25) is 0 Å². The zero-order valence-corrected chi connectivity index (χ0v) is 15.7. The number of nitrogens with zero attached hydrogens (tertiary/aromatic N) is 4. The SMILES string of the molecule is NC(=O)c1nn(CC(=O)N2[C@@H]3C[C@@H]3C[C@H]2C(=O)NCCC(F)(F)F)c2cnccc12. The lowest BCUT2D eigenvalue weighted by molar-refractivity contribution is -0.142. The molecule has 1 aliphatic carbocycles. The molecule has 3 N–H and O–H groups in total. The van der Waals surface area contributed by atoms with E-state index in [1.54, 1.807) is 6.07 Å². The van der Waals surface area contributed by atoms with E-state index >= 15 is 0 Å². The maximum Gasteiger partial charge on any atom is 0.390 e. The van der Waals surface area contributed by atoms with Crippen molar-refractivity contribution in [3.05, 3.63) is 24.2 Å². The smallest absolute Gasteiger partial charge is 0.364 e. The largest absolute Gasteiger partial charge is 0.390 e. The van der Waals surface area contributed by atoms with E-state index in [1.165, 1.54) is 22.0 Å². The monoisotopic (exact) mass is 424 g/mol. The van der Waals surface area contributed by atoms with Crippen LogP contribution in [0.15, 0.2) is 18.5 Å². The molecule has 2 aromatic rings. The molecule has 0 aromatic carbocycles. The van der Waals surface area contributed by atoms with Crippen molar-refractivity contribution in [2.24, 2.45) is 11.7 Å². The lowest BCUT2D eigenvalue weighted by Crippen LogP contribution is -2.49. The van der Waals surface area contributed by atoms with Crippen molar-refractivity contribution in [3.8, 4) is 0 Å². The number of alkyl halides is 3. The van der Waals surface area contributed by atoms with Gasteiger partial charge in [0.1, 0.15) is 12.6 Å². The van der Waals surface area contributed by atoms with Gasteiger partial charge in [0.15, 0.2) is 5.69 Å². The number of halogens is 3. The first-order chi connectivity index (χ1) is 14.2. The van der Waals surface area contributed by atoms with E-state index in [1.807, 2.05) is 0 Å². The summed E-state index contributed by atoms with van der Waals surface area (Å²) in [4.78, 5) is 42.4. The lowest BCUT2D eigenvalue weighted by Gasteiger charge is -2.27. The summed E-state index contributed by atoms with van der Waals surface area (Å²) >= 11 is 0. The highest BCUT2D eigenvalue weighted by molar-refractivity contribution is 6.04. The van der Waals surface area contributed by atoms with Crippen LogP contribution in [0, 0.1) is 5.92 Å². The second-order valence-corrected chi connectivity index (χ2v) is 7.54. The molecule has 1 saturated carbocycles. The molecular weight excluding hydrogens is 405 g/mol. The zero-order chi connectivity index (χ0) is 21.6. The van der Waals surface area contributed by atoms with Crippen molar-refractivity contribution >= 4 is 28.6 Å². The van der Waals surface area contributed by atoms with E-state index in [4.69, 9.17) is 5.73 Å². The van der Waals surface area contributed by atoms with Crippen molar-refractivity contribution < 1.29 is 27.6 Å². The van der Waals surface area contributed by atoms with Crippen molar-refractivity contribution in [1.82, 2.24) is 25.0 Å². The molecule has 0 bridgehead atoms. The normalized spacial score (nSPS) is 22.8. The fraction of sp³-hybridized carbons (Fsp3) is 0.500. The molecule has 12 heteroatoms. The summed E-state index contributed by atoms with van der Waals surface area (Å²) in [6.45, 7) is -0.779. The van der Waals surface area contributed by atoms with Gasteiger partial charge in [-0.15, -0.1) is 0 Å². The fourth-order valence-corrected chi connectivity index (χ4v) is 4.03. The first-order valence-electron chi connectivity index (χ1n) is 9.41. The van der Waals surface area contributed by atoms with Gasteiger partial charge in [-0.05, 0) is 24.8 Å². The standard InChI is InChI=1S/C18H19F3N6O3/c19-18(20,21)2-4-24-17(30)12-6-9-5-11(9)27(12)14(28)8-26-13-7-23-3-1-10(13)15(25-26)16(22)29/h1,3,7,9,11-12H,2,4-6,8H2,(H2,22,29)(H,24,30)/t9-,11-,12+/m1/s1. The van der Waals surface area contributed by atoms with Gasteiger partial charge in [0.05, 0.1) is 18.1 Å². The minimum atomic E-state index is -4.37. The third-order valence-electron chi connectivity index (χ3n) is 5.48. The average molecular weight is 424 g/mol. The number of carbonyl (C=O) groups excluding carboxylic acids is 3. The molecule has 1 saturated heterocycles.